The van der Waals surface area contributed by atoms with Crippen molar-refractivity contribution in [3.63, 3.8) is 0 Å². The van der Waals surface area contributed by atoms with Crippen molar-refractivity contribution in [1.29, 1.82) is 0 Å². The largest absolute Gasteiger partial charge is 0.481 e. The Bertz CT molecular complexity index is 848. The lowest BCUT2D eigenvalue weighted by Gasteiger charge is -2.30. The number of carbonyl (C=O) groups excluding carboxylic acids is 1. The molecule has 1 saturated carbocycles. The van der Waals surface area contributed by atoms with Crippen molar-refractivity contribution in [2.45, 2.75) is 37.6 Å². The summed E-state index contributed by atoms with van der Waals surface area (Å²) in [7, 11) is 0. The van der Waals surface area contributed by atoms with Gasteiger partial charge in [-0.3, -0.25) is 4.79 Å². The van der Waals surface area contributed by atoms with Crippen LogP contribution in [0.15, 0.2) is 48.5 Å². The van der Waals surface area contributed by atoms with Crippen LogP contribution in [-0.2, 0) is 9.53 Å². The van der Waals surface area contributed by atoms with Crippen LogP contribution in [0.4, 0.5) is 4.79 Å². The maximum atomic E-state index is 12.4. The van der Waals surface area contributed by atoms with Crippen LogP contribution in [-0.4, -0.2) is 29.3 Å². The molecule has 0 saturated heterocycles. The van der Waals surface area contributed by atoms with Crippen LogP contribution >= 0.6 is 0 Å². The number of hydrogen-bond donors (Lipinski definition) is 2. The first-order valence-corrected chi connectivity index (χ1v) is 9.35. The van der Waals surface area contributed by atoms with Gasteiger partial charge in [-0.15, -0.1) is 0 Å². The molecule has 0 radical (unpaired) electrons. The number of alkyl carbamates (subject to hydrolysis) is 1. The molecular formula is C22H23NO4. The van der Waals surface area contributed by atoms with Gasteiger partial charge >= 0.3 is 12.1 Å². The van der Waals surface area contributed by atoms with Crippen LogP contribution in [0.3, 0.4) is 0 Å². The number of aliphatic carboxylic acids is 1. The second-order valence-corrected chi connectivity index (χ2v) is 7.65. The average Bonchev–Trinajstić information content (AvgIpc) is 3.18. The van der Waals surface area contributed by atoms with E-state index in [-0.39, 0.29) is 12.5 Å². The molecule has 2 aliphatic carbocycles. The molecule has 27 heavy (non-hydrogen) atoms. The highest BCUT2D eigenvalue weighted by atomic mass is 16.5. The van der Waals surface area contributed by atoms with Crippen molar-refractivity contribution < 1.29 is 19.4 Å². The summed E-state index contributed by atoms with van der Waals surface area (Å²) in [5.74, 6) is -1.44. The number of hydrogen-bond acceptors (Lipinski definition) is 3. The number of benzene rings is 2. The summed E-state index contributed by atoms with van der Waals surface area (Å²) in [5.41, 5.74) is 3.91. The molecule has 2 atom stereocenters. The zero-order valence-electron chi connectivity index (χ0n) is 15.3. The van der Waals surface area contributed by atoms with Crippen molar-refractivity contribution in [3.8, 4) is 11.1 Å². The smallest absolute Gasteiger partial charge is 0.407 e. The van der Waals surface area contributed by atoms with Gasteiger partial charge in [-0.05, 0) is 42.0 Å². The third kappa shape index (κ3) is 3.07. The molecule has 1 amide bonds. The Kier molecular flexibility index (Phi) is 4.38. The maximum Gasteiger partial charge on any atom is 0.407 e. The SMILES string of the molecule is CC1(NC(=O)OCC2c3ccccc3-c3ccccc32)CCCC1C(=O)O. The third-order valence-corrected chi connectivity index (χ3v) is 5.99. The Hall–Kier alpha value is -2.82. The number of amides is 1. The van der Waals surface area contributed by atoms with E-state index in [1.54, 1.807) is 6.92 Å². The number of ether oxygens (including phenoxy) is 1. The molecule has 1 fully saturated rings. The fraction of sp³-hybridized carbons (Fsp3) is 0.364. The van der Waals surface area contributed by atoms with E-state index in [0.29, 0.717) is 12.8 Å². The lowest BCUT2D eigenvalue weighted by Crippen LogP contribution is -2.51. The monoisotopic (exact) mass is 365 g/mol. The maximum absolute atomic E-state index is 12.4. The van der Waals surface area contributed by atoms with E-state index < -0.39 is 23.5 Å². The van der Waals surface area contributed by atoms with Gasteiger partial charge in [0.05, 0.1) is 11.5 Å². The number of rotatable bonds is 4. The van der Waals surface area contributed by atoms with Crippen molar-refractivity contribution in [1.82, 2.24) is 5.32 Å². The minimum absolute atomic E-state index is 0.00481. The van der Waals surface area contributed by atoms with E-state index >= 15 is 0 Å². The number of fused-ring (bicyclic) bond motifs is 3. The molecule has 2 unspecified atom stereocenters. The van der Waals surface area contributed by atoms with Crippen molar-refractivity contribution in [2.75, 3.05) is 6.61 Å². The molecule has 0 aromatic heterocycles. The standard InChI is InChI=1S/C22H23NO4/c1-22(12-6-11-19(22)20(24)25)23-21(26)27-13-18-16-9-4-2-7-14(16)15-8-3-5-10-17(15)18/h2-5,7-10,18-19H,6,11-13H2,1H3,(H,23,26)(H,24,25). The Morgan fingerprint density at radius 1 is 1.11 bits per heavy atom. The van der Waals surface area contributed by atoms with Gasteiger partial charge in [0.25, 0.3) is 0 Å². The zero-order valence-corrected chi connectivity index (χ0v) is 15.3. The number of nitrogens with one attached hydrogen (secondary N) is 1. The first-order chi connectivity index (χ1) is 13.0. The van der Waals surface area contributed by atoms with Gasteiger partial charge in [0, 0.05) is 5.92 Å². The fourth-order valence-electron chi connectivity index (χ4n) is 4.58. The van der Waals surface area contributed by atoms with Crippen LogP contribution in [0.25, 0.3) is 11.1 Å². The predicted molar refractivity (Wildman–Crippen MR) is 102 cm³/mol. The first kappa shape index (κ1) is 17.6. The van der Waals surface area contributed by atoms with Crippen LogP contribution in [0, 0.1) is 5.92 Å². The van der Waals surface area contributed by atoms with Gasteiger partial charge in [0.2, 0.25) is 0 Å². The van der Waals surface area contributed by atoms with E-state index in [1.807, 2.05) is 24.3 Å². The zero-order chi connectivity index (χ0) is 19.0. The quantitative estimate of drug-likeness (QED) is 0.853. The van der Waals surface area contributed by atoms with Gasteiger partial charge in [0.1, 0.15) is 6.61 Å². The number of carbonyl (C=O) groups is 2. The third-order valence-electron chi connectivity index (χ3n) is 5.99. The lowest BCUT2D eigenvalue weighted by atomic mass is 9.89. The summed E-state index contributed by atoms with van der Waals surface area (Å²) in [6.45, 7) is 2.02. The normalized spacial score (nSPS) is 23.5. The van der Waals surface area contributed by atoms with Crippen LogP contribution in [0.1, 0.15) is 43.2 Å². The Labute approximate surface area is 158 Å². The van der Waals surface area contributed by atoms with Gasteiger partial charge < -0.3 is 15.2 Å². The minimum Gasteiger partial charge on any atom is -0.481 e. The predicted octanol–water partition coefficient (Wildman–Crippen LogP) is 4.17. The summed E-state index contributed by atoms with van der Waals surface area (Å²) in [5, 5.41) is 12.2. The summed E-state index contributed by atoms with van der Waals surface area (Å²) in [6, 6.07) is 16.3. The Morgan fingerprint density at radius 3 is 2.30 bits per heavy atom. The summed E-state index contributed by atoms with van der Waals surface area (Å²) >= 11 is 0. The molecular weight excluding hydrogens is 342 g/mol. The molecule has 140 valence electrons. The molecule has 0 heterocycles. The Morgan fingerprint density at radius 2 is 1.70 bits per heavy atom. The van der Waals surface area contributed by atoms with E-state index in [2.05, 4.69) is 29.6 Å². The summed E-state index contributed by atoms with van der Waals surface area (Å²) < 4.78 is 5.55. The molecule has 5 heteroatoms. The topological polar surface area (TPSA) is 75.6 Å². The van der Waals surface area contributed by atoms with Crippen LogP contribution in [0.5, 0.6) is 0 Å². The minimum atomic E-state index is -0.867. The summed E-state index contributed by atoms with van der Waals surface area (Å²) in [6.07, 6.45) is 1.47. The lowest BCUT2D eigenvalue weighted by molar-refractivity contribution is -0.143. The number of carboxylic acids is 1. The van der Waals surface area contributed by atoms with Crippen LogP contribution < -0.4 is 5.32 Å². The summed E-state index contributed by atoms with van der Waals surface area (Å²) in [4.78, 5) is 23.9. The Balaban J connectivity index is 1.48. The fourth-order valence-corrected chi connectivity index (χ4v) is 4.58. The molecule has 4 rings (SSSR count). The van der Waals surface area contributed by atoms with Gasteiger partial charge in [-0.25, -0.2) is 4.79 Å². The van der Waals surface area contributed by atoms with Gasteiger partial charge in [-0.2, -0.15) is 0 Å². The highest BCUT2D eigenvalue weighted by Crippen LogP contribution is 2.44. The van der Waals surface area contributed by atoms with Gasteiger partial charge in [0.15, 0.2) is 0 Å². The van der Waals surface area contributed by atoms with Crippen molar-refractivity contribution in [3.05, 3.63) is 59.7 Å². The van der Waals surface area contributed by atoms with Crippen molar-refractivity contribution >= 4 is 12.1 Å². The molecule has 2 aromatic rings. The molecule has 2 aromatic carbocycles. The van der Waals surface area contributed by atoms with E-state index in [1.165, 1.54) is 11.1 Å². The highest BCUT2D eigenvalue weighted by molar-refractivity contribution is 5.79. The van der Waals surface area contributed by atoms with Crippen LogP contribution in [0.2, 0.25) is 0 Å². The van der Waals surface area contributed by atoms with E-state index in [0.717, 1.165) is 17.5 Å². The van der Waals surface area contributed by atoms with E-state index in [4.69, 9.17) is 4.74 Å². The molecule has 5 nitrogen and oxygen atoms in total. The molecule has 0 aliphatic heterocycles. The van der Waals surface area contributed by atoms with Gasteiger partial charge in [-0.1, -0.05) is 55.0 Å². The molecule has 0 spiro atoms. The molecule has 2 N–H and O–H groups in total. The number of carboxylic acid groups (broad SMARTS) is 1. The second-order valence-electron chi connectivity index (χ2n) is 7.65. The first-order valence-electron chi connectivity index (χ1n) is 9.35. The second kappa shape index (κ2) is 6.72. The highest BCUT2D eigenvalue weighted by Gasteiger charge is 2.44. The molecule has 2 aliphatic rings. The molecule has 0 bridgehead atoms. The van der Waals surface area contributed by atoms with Crippen molar-refractivity contribution in [2.24, 2.45) is 5.92 Å². The van der Waals surface area contributed by atoms with E-state index in [9.17, 15) is 14.7 Å². The average molecular weight is 365 g/mol.